The minimum Gasteiger partial charge on any atom is -0.326 e. The fraction of sp³-hybridized carbons (Fsp3) is 0.333. The maximum absolute atomic E-state index is 13.4. The Labute approximate surface area is 200 Å². The van der Waals surface area contributed by atoms with Crippen LogP contribution in [-0.4, -0.2) is 27.1 Å². The molecule has 0 saturated carbocycles. The van der Waals surface area contributed by atoms with Gasteiger partial charge in [-0.05, 0) is 55.5 Å². The number of thiophene rings is 1. The molecule has 1 aliphatic carbocycles. The topological polar surface area (TPSA) is 93.1 Å². The maximum atomic E-state index is 13.4. The number of aromatic nitrogens is 2. The van der Waals surface area contributed by atoms with E-state index in [1.165, 1.54) is 35.5 Å². The molecule has 0 saturated heterocycles. The van der Waals surface area contributed by atoms with Gasteiger partial charge in [-0.25, -0.2) is 4.98 Å². The molecule has 1 aliphatic rings. The summed E-state index contributed by atoms with van der Waals surface area (Å²) in [4.78, 5) is 43.9. The first-order valence-corrected chi connectivity index (χ1v) is 12.7. The number of rotatable bonds is 7. The number of allylic oxidation sites excluding steroid dienone is 1. The van der Waals surface area contributed by atoms with E-state index in [1.54, 1.807) is 46.2 Å². The molecule has 0 atom stereocenters. The number of hydrogen-bond donors (Lipinski definition) is 2. The highest BCUT2D eigenvalue weighted by Gasteiger charge is 2.21. The molecular weight excluding hydrogens is 456 g/mol. The van der Waals surface area contributed by atoms with Gasteiger partial charge in [-0.3, -0.25) is 19.0 Å². The normalized spacial score (nSPS) is 13.2. The monoisotopic (exact) mass is 482 g/mol. The number of fused-ring (bicyclic) bond motifs is 3. The second-order valence-corrected chi connectivity index (χ2v) is 9.96. The molecule has 2 N–H and O–H groups in total. The van der Waals surface area contributed by atoms with Crippen molar-refractivity contribution in [2.24, 2.45) is 0 Å². The van der Waals surface area contributed by atoms with E-state index < -0.39 is 0 Å². The maximum Gasteiger partial charge on any atom is 0.263 e. The van der Waals surface area contributed by atoms with Crippen LogP contribution in [0.3, 0.4) is 0 Å². The summed E-state index contributed by atoms with van der Waals surface area (Å²) in [5.41, 5.74) is 2.41. The molecular formula is C24H26N4O3S2. The third kappa shape index (κ3) is 5.36. The average molecular weight is 483 g/mol. The number of carbonyl (C=O) groups excluding carboxylic acids is 2. The Kier molecular flexibility index (Phi) is 7.29. The molecule has 1 aromatic carbocycles. The highest BCUT2D eigenvalue weighted by atomic mass is 32.2. The summed E-state index contributed by atoms with van der Waals surface area (Å²) in [6.07, 6.45) is 7.05. The van der Waals surface area contributed by atoms with Gasteiger partial charge >= 0.3 is 0 Å². The first kappa shape index (κ1) is 23.3. The van der Waals surface area contributed by atoms with Crippen LogP contribution in [0.2, 0.25) is 0 Å². The highest BCUT2D eigenvalue weighted by Crippen LogP contribution is 2.34. The van der Waals surface area contributed by atoms with E-state index in [0.29, 0.717) is 23.1 Å². The standard InChI is InChI=1S/C24H26N4O3S2/c1-3-13-28-23(31)21-18-7-5-4-6-8-19(18)33-22(21)27-24(28)32-14-20(30)26-17-11-9-16(10-12-17)25-15(2)29/h3,9-12H,1,4-8,13-14H2,2H3,(H,25,29)(H,26,30). The van der Waals surface area contributed by atoms with Crippen molar-refractivity contribution >= 4 is 56.5 Å². The number of carbonyl (C=O) groups is 2. The predicted octanol–water partition coefficient (Wildman–Crippen LogP) is 4.60. The van der Waals surface area contributed by atoms with Crippen molar-refractivity contribution in [3.8, 4) is 0 Å². The number of nitrogens with one attached hydrogen (secondary N) is 2. The molecule has 0 fully saturated rings. The molecule has 172 valence electrons. The molecule has 9 heteroatoms. The summed E-state index contributed by atoms with van der Waals surface area (Å²) < 4.78 is 1.62. The second kappa shape index (κ2) is 10.4. The highest BCUT2D eigenvalue weighted by molar-refractivity contribution is 7.99. The fourth-order valence-electron chi connectivity index (χ4n) is 3.96. The van der Waals surface area contributed by atoms with E-state index in [1.807, 2.05) is 0 Å². The minimum atomic E-state index is -0.200. The van der Waals surface area contributed by atoms with E-state index in [-0.39, 0.29) is 23.1 Å². The van der Waals surface area contributed by atoms with Gasteiger partial charge in [0.25, 0.3) is 5.56 Å². The smallest absolute Gasteiger partial charge is 0.263 e. The lowest BCUT2D eigenvalue weighted by Gasteiger charge is -2.11. The van der Waals surface area contributed by atoms with Crippen LogP contribution in [0.15, 0.2) is 46.9 Å². The predicted molar refractivity (Wildman–Crippen MR) is 135 cm³/mol. The van der Waals surface area contributed by atoms with Gasteiger partial charge in [-0.2, -0.15) is 0 Å². The lowest BCUT2D eigenvalue weighted by molar-refractivity contribution is -0.114. The quantitative estimate of drug-likeness (QED) is 0.222. The Bertz CT molecular complexity index is 1260. The Morgan fingerprint density at radius 3 is 2.55 bits per heavy atom. The van der Waals surface area contributed by atoms with Crippen molar-refractivity contribution in [1.82, 2.24) is 9.55 Å². The Morgan fingerprint density at radius 2 is 1.85 bits per heavy atom. The number of nitrogens with zero attached hydrogens (tertiary/aromatic N) is 2. The van der Waals surface area contributed by atoms with Crippen LogP contribution in [0.25, 0.3) is 10.2 Å². The second-order valence-electron chi connectivity index (χ2n) is 7.94. The average Bonchev–Trinajstić information content (AvgIpc) is 2.96. The SMILES string of the molecule is C=CCn1c(SCC(=O)Nc2ccc(NC(C)=O)cc2)nc2sc3c(c2c1=O)CCCCC3. The summed E-state index contributed by atoms with van der Waals surface area (Å²) in [5.74, 6) is -0.234. The van der Waals surface area contributed by atoms with Crippen LogP contribution in [-0.2, 0) is 29.0 Å². The van der Waals surface area contributed by atoms with Crippen LogP contribution < -0.4 is 16.2 Å². The van der Waals surface area contributed by atoms with Crippen molar-refractivity contribution in [2.45, 2.75) is 50.7 Å². The van der Waals surface area contributed by atoms with Gasteiger partial charge in [0.1, 0.15) is 4.83 Å². The number of amides is 2. The molecule has 33 heavy (non-hydrogen) atoms. The van der Waals surface area contributed by atoms with Gasteiger partial charge in [-0.15, -0.1) is 17.9 Å². The Balaban J connectivity index is 1.52. The molecule has 0 spiro atoms. The van der Waals surface area contributed by atoms with Crippen molar-refractivity contribution in [3.05, 3.63) is 57.7 Å². The van der Waals surface area contributed by atoms with Crippen molar-refractivity contribution in [3.63, 3.8) is 0 Å². The van der Waals surface area contributed by atoms with Crippen LogP contribution in [0.5, 0.6) is 0 Å². The minimum absolute atomic E-state index is 0.0456. The van der Waals surface area contributed by atoms with Gasteiger partial charge in [0.15, 0.2) is 5.16 Å². The molecule has 7 nitrogen and oxygen atoms in total. The first-order valence-electron chi connectivity index (χ1n) is 10.9. The fourth-order valence-corrected chi connectivity index (χ4v) is 6.08. The number of thioether (sulfide) groups is 1. The molecule has 2 heterocycles. The Morgan fingerprint density at radius 1 is 1.15 bits per heavy atom. The van der Waals surface area contributed by atoms with Gasteiger partial charge in [0.05, 0.1) is 11.1 Å². The zero-order chi connectivity index (χ0) is 23.4. The van der Waals surface area contributed by atoms with E-state index >= 15 is 0 Å². The third-order valence-corrected chi connectivity index (χ3v) is 7.58. The van der Waals surface area contributed by atoms with Crippen LogP contribution in [0.1, 0.15) is 36.6 Å². The van der Waals surface area contributed by atoms with Crippen LogP contribution in [0.4, 0.5) is 11.4 Å². The van der Waals surface area contributed by atoms with Gasteiger partial charge in [-0.1, -0.05) is 24.3 Å². The van der Waals surface area contributed by atoms with Gasteiger partial charge in [0, 0.05) is 29.7 Å². The van der Waals surface area contributed by atoms with Gasteiger partial charge in [0.2, 0.25) is 11.8 Å². The zero-order valence-corrected chi connectivity index (χ0v) is 20.1. The van der Waals surface area contributed by atoms with Crippen LogP contribution >= 0.6 is 23.1 Å². The number of anilines is 2. The number of hydrogen-bond acceptors (Lipinski definition) is 6. The van der Waals surface area contributed by atoms with E-state index in [0.717, 1.165) is 35.9 Å². The van der Waals surface area contributed by atoms with Gasteiger partial charge < -0.3 is 10.6 Å². The van der Waals surface area contributed by atoms with E-state index in [2.05, 4.69) is 17.2 Å². The van der Waals surface area contributed by atoms with Crippen molar-refractivity contribution in [2.75, 3.05) is 16.4 Å². The largest absolute Gasteiger partial charge is 0.326 e. The lowest BCUT2D eigenvalue weighted by atomic mass is 10.1. The summed E-state index contributed by atoms with van der Waals surface area (Å²) in [6.45, 7) is 5.57. The lowest BCUT2D eigenvalue weighted by Crippen LogP contribution is -2.24. The summed E-state index contributed by atoms with van der Waals surface area (Å²) in [5, 5.41) is 6.80. The molecule has 0 unspecified atom stereocenters. The molecule has 0 radical (unpaired) electrons. The summed E-state index contributed by atoms with van der Waals surface area (Å²) in [7, 11) is 0. The molecule has 2 amide bonds. The van der Waals surface area contributed by atoms with E-state index in [9.17, 15) is 14.4 Å². The Hall–Kier alpha value is -2.91. The molecule has 0 bridgehead atoms. The summed E-state index contributed by atoms with van der Waals surface area (Å²) in [6, 6.07) is 6.90. The number of aryl methyl sites for hydroxylation is 2. The molecule has 2 aromatic heterocycles. The number of benzene rings is 1. The molecule has 0 aliphatic heterocycles. The van der Waals surface area contributed by atoms with Crippen LogP contribution in [0, 0.1) is 0 Å². The van der Waals surface area contributed by atoms with E-state index in [4.69, 9.17) is 4.98 Å². The molecule has 4 rings (SSSR count). The third-order valence-electron chi connectivity index (χ3n) is 5.42. The summed E-state index contributed by atoms with van der Waals surface area (Å²) >= 11 is 2.86. The van der Waals surface area contributed by atoms with Crippen molar-refractivity contribution in [1.29, 1.82) is 0 Å². The zero-order valence-electron chi connectivity index (χ0n) is 18.5. The van der Waals surface area contributed by atoms with Crippen molar-refractivity contribution < 1.29 is 9.59 Å². The first-order chi connectivity index (χ1) is 16.0. The molecule has 3 aromatic rings.